The first-order chi connectivity index (χ1) is 22.4. The minimum atomic E-state index is -7.91. The van der Waals surface area contributed by atoms with Gasteiger partial charge in [0, 0.05) is 24.6 Å². The fraction of sp³-hybridized carbons (Fsp3) is 0.655. The Morgan fingerprint density at radius 1 is 0.592 bits per heavy atom. The van der Waals surface area contributed by atoms with Gasteiger partial charge in [-0.05, 0) is 48.9 Å². The number of ether oxygens (including phenoxy) is 3. The van der Waals surface area contributed by atoms with Crippen molar-refractivity contribution in [3.8, 4) is 11.4 Å². The normalized spacial score (nSPS) is 14.0. The molecule has 0 N–H and O–H groups in total. The standard InChI is InChI=1S/C29H31F15N2O3/c1-2-3-4-5-6-7-10-20-17-21(22-45-14-9-15-46-22)13-12-19(20)11-8-16-47-18-23(30,31)48-28(41,42)29(43,44)49-27(39,40)25(34,35)24(32,33)26(36,37)38/h9,12-15,17H,2-8,10-11,16,18H2,1H3. The van der Waals surface area contributed by atoms with Crippen molar-refractivity contribution in [2.45, 2.75) is 107 Å². The number of nitrogens with zero attached hydrogens (tertiary/aromatic N) is 2. The van der Waals surface area contributed by atoms with Gasteiger partial charge in [-0.3, -0.25) is 0 Å². The van der Waals surface area contributed by atoms with E-state index in [9.17, 15) is 65.9 Å². The molecule has 5 nitrogen and oxygen atoms in total. The second kappa shape index (κ2) is 16.4. The van der Waals surface area contributed by atoms with Crippen LogP contribution in [0, 0.1) is 0 Å². The van der Waals surface area contributed by atoms with Crippen molar-refractivity contribution in [3.05, 3.63) is 47.8 Å². The number of hydrogen-bond donors (Lipinski definition) is 0. The average Bonchev–Trinajstić information content (AvgIpc) is 2.97. The zero-order chi connectivity index (χ0) is 37.4. The molecule has 20 heteroatoms. The number of hydrogen-bond acceptors (Lipinski definition) is 5. The van der Waals surface area contributed by atoms with Gasteiger partial charge in [0.15, 0.2) is 5.82 Å². The molecule has 49 heavy (non-hydrogen) atoms. The van der Waals surface area contributed by atoms with Crippen molar-refractivity contribution < 1.29 is 80.1 Å². The molecule has 1 aromatic carbocycles. The molecule has 0 fully saturated rings. The van der Waals surface area contributed by atoms with Crippen LogP contribution in [-0.4, -0.2) is 65.6 Å². The smallest absolute Gasteiger partial charge is 0.372 e. The lowest BCUT2D eigenvalue weighted by atomic mass is 9.95. The highest BCUT2D eigenvalue weighted by molar-refractivity contribution is 5.57. The molecule has 0 unspecified atom stereocenters. The second-order valence-electron chi connectivity index (χ2n) is 10.8. The second-order valence-corrected chi connectivity index (χ2v) is 10.8. The van der Waals surface area contributed by atoms with E-state index in [0.29, 0.717) is 17.8 Å². The summed E-state index contributed by atoms with van der Waals surface area (Å²) in [6.07, 6.45) is -25.1. The van der Waals surface area contributed by atoms with Crippen LogP contribution in [0.3, 0.4) is 0 Å². The number of halogens is 15. The monoisotopic (exact) mass is 740 g/mol. The minimum Gasteiger partial charge on any atom is -0.372 e. The molecule has 0 saturated heterocycles. The third-order valence-corrected chi connectivity index (χ3v) is 6.82. The molecule has 1 heterocycles. The third-order valence-electron chi connectivity index (χ3n) is 6.82. The molecule has 0 aliphatic rings. The Balaban J connectivity index is 2.02. The van der Waals surface area contributed by atoms with Gasteiger partial charge in [0.2, 0.25) is 0 Å². The Morgan fingerprint density at radius 3 is 1.73 bits per heavy atom. The maximum atomic E-state index is 13.9. The molecule has 280 valence electrons. The van der Waals surface area contributed by atoms with E-state index in [-0.39, 0.29) is 12.8 Å². The maximum Gasteiger partial charge on any atom is 0.460 e. The van der Waals surface area contributed by atoms with Gasteiger partial charge in [0.05, 0.1) is 0 Å². The number of unbranched alkanes of at least 4 members (excludes halogenated alkanes) is 5. The highest BCUT2D eigenvalue weighted by atomic mass is 19.4. The van der Waals surface area contributed by atoms with Crippen LogP contribution in [0.4, 0.5) is 65.9 Å². The van der Waals surface area contributed by atoms with Crippen molar-refractivity contribution in [2.75, 3.05) is 13.2 Å². The van der Waals surface area contributed by atoms with Crippen LogP contribution >= 0.6 is 0 Å². The topological polar surface area (TPSA) is 53.5 Å². The van der Waals surface area contributed by atoms with Crippen molar-refractivity contribution in [3.63, 3.8) is 0 Å². The Hall–Kier alpha value is -2.87. The minimum absolute atomic E-state index is 0.0504. The van der Waals surface area contributed by atoms with E-state index < -0.39 is 55.7 Å². The molecule has 0 spiro atoms. The molecule has 0 aliphatic heterocycles. The molecular formula is C29H31F15N2O3. The number of aromatic nitrogens is 2. The quantitative estimate of drug-likeness (QED) is 0.0943. The van der Waals surface area contributed by atoms with E-state index in [4.69, 9.17) is 0 Å². The molecule has 0 atom stereocenters. The van der Waals surface area contributed by atoms with Crippen molar-refractivity contribution >= 4 is 0 Å². The van der Waals surface area contributed by atoms with Crippen LogP contribution in [0.15, 0.2) is 36.7 Å². The SMILES string of the molecule is CCCCCCCCc1cc(-c2ncccn2)ccc1CCCOCC(F)(F)OC(F)(F)C(F)(F)OC(F)(F)C(F)(F)C(F)(F)C(F)(F)F. The molecule has 2 aromatic rings. The molecule has 0 amide bonds. The van der Waals surface area contributed by atoms with Crippen LogP contribution in [0.5, 0.6) is 0 Å². The number of benzene rings is 1. The van der Waals surface area contributed by atoms with Crippen LogP contribution in [0.25, 0.3) is 11.4 Å². The highest BCUT2D eigenvalue weighted by Gasteiger charge is 2.85. The van der Waals surface area contributed by atoms with E-state index in [0.717, 1.165) is 49.7 Å². The molecule has 0 bridgehead atoms. The summed E-state index contributed by atoms with van der Waals surface area (Å²) in [6.45, 7) is -0.789. The molecular weight excluding hydrogens is 709 g/mol. The molecule has 2 rings (SSSR count). The average molecular weight is 741 g/mol. The summed E-state index contributed by atoms with van der Waals surface area (Å²) in [5.41, 5.74) is 2.30. The largest absolute Gasteiger partial charge is 0.460 e. The third kappa shape index (κ3) is 11.1. The lowest BCUT2D eigenvalue weighted by Gasteiger charge is -2.36. The first-order valence-corrected chi connectivity index (χ1v) is 14.6. The molecule has 0 radical (unpaired) electrons. The van der Waals surface area contributed by atoms with Gasteiger partial charge in [-0.15, -0.1) is 0 Å². The van der Waals surface area contributed by atoms with E-state index in [1.165, 1.54) is 12.4 Å². The van der Waals surface area contributed by atoms with Crippen LogP contribution in [0.2, 0.25) is 0 Å². The van der Waals surface area contributed by atoms with E-state index in [1.54, 1.807) is 22.9 Å². The molecule has 0 saturated carbocycles. The Kier molecular flexibility index (Phi) is 14.2. The first-order valence-electron chi connectivity index (χ1n) is 14.6. The van der Waals surface area contributed by atoms with Gasteiger partial charge in [-0.2, -0.15) is 65.9 Å². The Labute approximate surface area is 270 Å². The van der Waals surface area contributed by atoms with Crippen LogP contribution < -0.4 is 0 Å². The van der Waals surface area contributed by atoms with Crippen molar-refractivity contribution in [2.24, 2.45) is 0 Å². The van der Waals surface area contributed by atoms with Crippen LogP contribution in [-0.2, 0) is 27.1 Å². The van der Waals surface area contributed by atoms with Gasteiger partial charge in [-0.1, -0.05) is 51.2 Å². The fourth-order valence-electron chi connectivity index (χ4n) is 4.26. The maximum absolute atomic E-state index is 13.9. The Morgan fingerprint density at radius 2 is 1.14 bits per heavy atom. The lowest BCUT2D eigenvalue weighted by Crippen LogP contribution is -2.64. The molecule has 1 aromatic heterocycles. The van der Waals surface area contributed by atoms with E-state index >= 15 is 0 Å². The zero-order valence-corrected chi connectivity index (χ0v) is 25.5. The number of alkyl halides is 15. The Bertz CT molecular complexity index is 1310. The summed E-state index contributed by atoms with van der Waals surface area (Å²) in [6, 6.07) is 6.89. The summed E-state index contributed by atoms with van der Waals surface area (Å²) < 4.78 is 206. The number of rotatable bonds is 21. The summed E-state index contributed by atoms with van der Waals surface area (Å²) in [4.78, 5) is 8.37. The predicted molar refractivity (Wildman–Crippen MR) is 142 cm³/mol. The first kappa shape index (κ1) is 42.3. The lowest BCUT2D eigenvalue weighted by molar-refractivity contribution is -0.543. The fourth-order valence-corrected chi connectivity index (χ4v) is 4.26. The zero-order valence-electron chi connectivity index (χ0n) is 25.5. The van der Waals surface area contributed by atoms with Gasteiger partial charge in [-0.25, -0.2) is 19.4 Å². The van der Waals surface area contributed by atoms with Gasteiger partial charge in [0.25, 0.3) is 0 Å². The summed E-state index contributed by atoms with van der Waals surface area (Å²) in [5.74, 6) is -15.3. The van der Waals surface area contributed by atoms with Crippen molar-refractivity contribution in [1.82, 2.24) is 9.97 Å². The number of aryl methyl sites for hydroxylation is 2. The van der Waals surface area contributed by atoms with Gasteiger partial charge in [0.1, 0.15) is 6.61 Å². The van der Waals surface area contributed by atoms with Gasteiger partial charge < -0.3 is 4.74 Å². The van der Waals surface area contributed by atoms with Crippen molar-refractivity contribution in [1.29, 1.82) is 0 Å². The van der Waals surface area contributed by atoms with Gasteiger partial charge >= 0.3 is 42.5 Å². The molecule has 0 aliphatic carbocycles. The van der Waals surface area contributed by atoms with E-state index in [2.05, 4.69) is 26.4 Å². The van der Waals surface area contributed by atoms with Crippen LogP contribution in [0.1, 0.15) is 63.0 Å². The summed E-state index contributed by atoms with van der Waals surface area (Å²) in [5, 5.41) is 0. The van der Waals surface area contributed by atoms with E-state index in [1.807, 2.05) is 6.07 Å². The predicted octanol–water partition coefficient (Wildman–Crippen LogP) is 10.2. The highest BCUT2D eigenvalue weighted by Crippen LogP contribution is 2.56. The summed E-state index contributed by atoms with van der Waals surface area (Å²) in [7, 11) is 0. The summed E-state index contributed by atoms with van der Waals surface area (Å²) >= 11 is 0.